The molecule has 2 aromatic heterocycles. The van der Waals surface area contributed by atoms with Gasteiger partial charge in [-0.1, -0.05) is 19.9 Å². The molecule has 0 aliphatic heterocycles. The quantitative estimate of drug-likeness (QED) is 0.586. The Kier molecular flexibility index (Phi) is 6.60. The molecule has 0 radical (unpaired) electrons. The Bertz CT molecular complexity index is 926. The van der Waals surface area contributed by atoms with Gasteiger partial charge in [0.15, 0.2) is 16.6 Å². The lowest BCUT2D eigenvalue weighted by Crippen LogP contribution is -2.12. The largest absolute Gasteiger partial charge is 0.490 e. The molecule has 6 nitrogen and oxygen atoms in total. The van der Waals surface area contributed by atoms with Gasteiger partial charge >= 0.3 is 0 Å². The number of carbonyl (C=O) groups is 1. The number of carbonyl (C=O) groups excluding carboxylic acids is 1. The topological polar surface area (TPSA) is 73.3 Å². The lowest BCUT2D eigenvalue weighted by molar-refractivity contribution is 0.102. The van der Waals surface area contributed by atoms with Crippen LogP contribution in [0.25, 0.3) is 11.4 Å². The zero-order valence-electron chi connectivity index (χ0n) is 16.1. The summed E-state index contributed by atoms with van der Waals surface area (Å²) in [5, 5.41) is 5.22. The lowest BCUT2D eigenvalue weighted by atomic mass is 10.2. The van der Waals surface area contributed by atoms with E-state index in [9.17, 15) is 4.79 Å². The average Bonchev–Trinajstić information content (AvgIpc) is 3.16. The van der Waals surface area contributed by atoms with Crippen LogP contribution in [0.4, 0.5) is 5.13 Å². The fourth-order valence-corrected chi connectivity index (χ4v) is 3.13. The fourth-order valence-electron chi connectivity index (χ4n) is 2.43. The zero-order valence-corrected chi connectivity index (χ0v) is 17.0. The van der Waals surface area contributed by atoms with Crippen molar-refractivity contribution in [1.29, 1.82) is 0 Å². The Morgan fingerprint density at radius 1 is 1.14 bits per heavy atom. The maximum Gasteiger partial charge on any atom is 0.257 e. The SMILES string of the molecule is CCOc1cc(C(=O)Nc2nc(-c3ccccn3)cs2)ccc1OCC(C)C. The summed E-state index contributed by atoms with van der Waals surface area (Å²) >= 11 is 1.36. The summed E-state index contributed by atoms with van der Waals surface area (Å²) in [6, 6.07) is 10.8. The Labute approximate surface area is 168 Å². The predicted molar refractivity (Wildman–Crippen MR) is 111 cm³/mol. The van der Waals surface area contributed by atoms with E-state index in [1.807, 2.05) is 30.5 Å². The van der Waals surface area contributed by atoms with Crippen LogP contribution in [0.5, 0.6) is 11.5 Å². The van der Waals surface area contributed by atoms with Gasteiger partial charge < -0.3 is 9.47 Å². The Hall–Kier alpha value is -2.93. The number of pyridine rings is 1. The molecule has 2 heterocycles. The zero-order chi connectivity index (χ0) is 19.9. The molecule has 0 bridgehead atoms. The molecule has 7 heteroatoms. The summed E-state index contributed by atoms with van der Waals surface area (Å²) in [5.41, 5.74) is 1.98. The van der Waals surface area contributed by atoms with Crippen molar-refractivity contribution in [3.63, 3.8) is 0 Å². The molecule has 1 amide bonds. The molecule has 28 heavy (non-hydrogen) atoms. The molecule has 3 aromatic rings. The Balaban J connectivity index is 1.73. The summed E-state index contributed by atoms with van der Waals surface area (Å²) in [5.74, 6) is 1.34. The molecule has 0 aliphatic carbocycles. The number of anilines is 1. The first-order valence-corrected chi connectivity index (χ1v) is 10.0. The van der Waals surface area contributed by atoms with E-state index in [0.29, 0.717) is 41.3 Å². The standard InChI is InChI=1S/C21H23N3O3S/c1-4-26-19-11-15(8-9-18(19)27-12-14(2)3)20(25)24-21-23-17(13-28-21)16-7-5-6-10-22-16/h5-11,13-14H,4,12H2,1-3H3,(H,23,24,25). The monoisotopic (exact) mass is 397 g/mol. The highest BCUT2D eigenvalue weighted by Crippen LogP contribution is 2.30. The van der Waals surface area contributed by atoms with Crippen molar-refractivity contribution >= 4 is 22.4 Å². The molecule has 0 unspecified atom stereocenters. The van der Waals surface area contributed by atoms with E-state index in [2.05, 4.69) is 29.1 Å². The van der Waals surface area contributed by atoms with E-state index in [-0.39, 0.29) is 5.91 Å². The number of hydrogen-bond donors (Lipinski definition) is 1. The van der Waals surface area contributed by atoms with Crippen LogP contribution in [0.1, 0.15) is 31.1 Å². The van der Waals surface area contributed by atoms with Crippen molar-refractivity contribution in [2.24, 2.45) is 5.92 Å². The number of rotatable bonds is 8. The van der Waals surface area contributed by atoms with Gasteiger partial charge in [0.05, 0.1) is 18.9 Å². The van der Waals surface area contributed by atoms with Crippen molar-refractivity contribution < 1.29 is 14.3 Å². The molecule has 1 N–H and O–H groups in total. The molecule has 146 valence electrons. The normalized spacial score (nSPS) is 10.7. The van der Waals surface area contributed by atoms with Gasteiger partial charge in [-0.3, -0.25) is 15.1 Å². The number of benzene rings is 1. The van der Waals surface area contributed by atoms with Crippen molar-refractivity contribution in [3.8, 4) is 22.9 Å². The third-order valence-corrected chi connectivity index (χ3v) is 4.49. The van der Waals surface area contributed by atoms with E-state index in [1.54, 1.807) is 24.4 Å². The summed E-state index contributed by atoms with van der Waals surface area (Å²) < 4.78 is 11.4. The molecule has 0 aliphatic rings. The van der Waals surface area contributed by atoms with Crippen molar-refractivity contribution in [3.05, 3.63) is 53.5 Å². The number of nitrogens with one attached hydrogen (secondary N) is 1. The molecule has 0 saturated carbocycles. The minimum Gasteiger partial charge on any atom is -0.490 e. The molecule has 0 saturated heterocycles. The highest BCUT2D eigenvalue weighted by Gasteiger charge is 2.14. The van der Waals surface area contributed by atoms with Gasteiger partial charge in [-0.15, -0.1) is 11.3 Å². The minimum absolute atomic E-state index is 0.252. The van der Waals surface area contributed by atoms with Crippen molar-refractivity contribution in [2.45, 2.75) is 20.8 Å². The minimum atomic E-state index is -0.252. The molecular weight excluding hydrogens is 374 g/mol. The van der Waals surface area contributed by atoms with E-state index in [4.69, 9.17) is 9.47 Å². The summed E-state index contributed by atoms with van der Waals surface area (Å²) in [7, 11) is 0. The van der Waals surface area contributed by atoms with Crippen molar-refractivity contribution in [2.75, 3.05) is 18.5 Å². The highest BCUT2D eigenvalue weighted by molar-refractivity contribution is 7.14. The average molecular weight is 398 g/mol. The maximum atomic E-state index is 12.6. The van der Waals surface area contributed by atoms with Gasteiger partial charge in [-0.25, -0.2) is 4.98 Å². The van der Waals surface area contributed by atoms with Crippen LogP contribution in [0, 0.1) is 5.92 Å². The van der Waals surface area contributed by atoms with Crippen LogP contribution in [0.15, 0.2) is 48.0 Å². The molecule has 3 rings (SSSR count). The van der Waals surface area contributed by atoms with E-state index < -0.39 is 0 Å². The molecule has 0 fully saturated rings. The van der Waals surface area contributed by atoms with Gasteiger partial charge in [0.2, 0.25) is 0 Å². The van der Waals surface area contributed by atoms with E-state index in [0.717, 1.165) is 11.4 Å². The van der Waals surface area contributed by atoms with Crippen LogP contribution in [-0.2, 0) is 0 Å². The first kappa shape index (κ1) is 19.8. The third kappa shape index (κ3) is 5.07. The van der Waals surface area contributed by atoms with Crippen LogP contribution >= 0.6 is 11.3 Å². The maximum absolute atomic E-state index is 12.6. The van der Waals surface area contributed by atoms with Crippen LogP contribution in [0.2, 0.25) is 0 Å². The number of aromatic nitrogens is 2. The number of hydrogen-bond acceptors (Lipinski definition) is 6. The van der Waals surface area contributed by atoms with E-state index in [1.165, 1.54) is 11.3 Å². The van der Waals surface area contributed by atoms with Gasteiger partial charge in [0.25, 0.3) is 5.91 Å². The van der Waals surface area contributed by atoms with Gasteiger partial charge in [0, 0.05) is 17.1 Å². The first-order chi connectivity index (χ1) is 13.6. The van der Waals surface area contributed by atoms with Crippen LogP contribution < -0.4 is 14.8 Å². The second-order valence-corrected chi connectivity index (χ2v) is 7.36. The number of ether oxygens (including phenoxy) is 2. The fraction of sp³-hybridized carbons (Fsp3) is 0.286. The Morgan fingerprint density at radius 2 is 2.00 bits per heavy atom. The van der Waals surface area contributed by atoms with Gasteiger partial charge in [-0.05, 0) is 43.2 Å². The Morgan fingerprint density at radius 3 is 2.71 bits per heavy atom. The predicted octanol–water partition coefficient (Wildman–Crippen LogP) is 4.89. The van der Waals surface area contributed by atoms with E-state index >= 15 is 0 Å². The summed E-state index contributed by atoms with van der Waals surface area (Å²) in [6.45, 7) is 7.13. The number of nitrogens with zero attached hydrogens (tertiary/aromatic N) is 2. The van der Waals surface area contributed by atoms with Crippen molar-refractivity contribution in [1.82, 2.24) is 9.97 Å². The molecular formula is C21H23N3O3S. The van der Waals surface area contributed by atoms with Crippen LogP contribution in [0.3, 0.4) is 0 Å². The number of amides is 1. The third-order valence-electron chi connectivity index (χ3n) is 3.73. The molecule has 1 aromatic carbocycles. The molecule has 0 spiro atoms. The van der Waals surface area contributed by atoms with Gasteiger partial charge in [0.1, 0.15) is 5.69 Å². The second-order valence-electron chi connectivity index (χ2n) is 6.51. The summed E-state index contributed by atoms with van der Waals surface area (Å²) in [6.07, 6.45) is 1.71. The second kappa shape index (κ2) is 9.32. The molecule has 0 atom stereocenters. The smallest absolute Gasteiger partial charge is 0.257 e. The number of thiazole rings is 1. The van der Waals surface area contributed by atoms with Gasteiger partial charge in [-0.2, -0.15) is 0 Å². The summed E-state index contributed by atoms with van der Waals surface area (Å²) in [4.78, 5) is 21.3. The lowest BCUT2D eigenvalue weighted by Gasteiger charge is -2.14. The highest BCUT2D eigenvalue weighted by atomic mass is 32.1. The first-order valence-electron chi connectivity index (χ1n) is 9.14. The van der Waals surface area contributed by atoms with Crippen LogP contribution in [-0.4, -0.2) is 29.1 Å².